The summed E-state index contributed by atoms with van der Waals surface area (Å²) in [5, 5.41) is 3.52. The van der Waals surface area contributed by atoms with E-state index in [-0.39, 0.29) is 5.69 Å². The monoisotopic (exact) mass is 379 g/mol. The van der Waals surface area contributed by atoms with Gasteiger partial charge in [-0.3, -0.25) is 9.59 Å². The fourth-order valence-corrected chi connectivity index (χ4v) is 2.77. The molecule has 1 N–H and O–H groups in total. The lowest BCUT2D eigenvalue weighted by atomic mass is 10.3. The van der Waals surface area contributed by atoms with Crippen molar-refractivity contribution in [1.82, 2.24) is 14.9 Å². The van der Waals surface area contributed by atoms with Gasteiger partial charge in [0.2, 0.25) is 6.41 Å². The van der Waals surface area contributed by atoms with E-state index in [1.807, 2.05) is 4.90 Å². The summed E-state index contributed by atoms with van der Waals surface area (Å²) in [6, 6.07) is 4.81. The van der Waals surface area contributed by atoms with Crippen LogP contribution in [0.1, 0.15) is 10.5 Å². The molecule has 0 unspecified atom stereocenters. The number of nitrogens with one attached hydrogen (secondary N) is 1. The molecule has 0 atom stereocenters. The van der Waals surface area contributed by atoms with Crippen LogP contribution in [0.2, 0.25) is 10.0 Å². The maximum atomic E-state index is 12.3. The molecule has 0 bridgehead atoms. The minimum absolute atomic E-state index is 0.173. The van der Waals surface area contributed by atoms with Gasteiger partial charge in [0.25, 0.3) is 5.91 Å². The van der Waals surface area contributed by atoms with Crippen LogP contribution in [0.25, 0.3) is 0 Å². The van der Waals surface area contributed by atoms with E-state index in [2.05, 4.69) is 15.3 Å². The van der Waals surface area contributed by atoms with E-state index < -0.39 is 5.91 Å². The van der Waals surface area contributed by atoms with Gasteiger partial charge in [0.05, 0.1) is 23.1 Å². The molecule has 3 rings (SSSR count). The molecule has 2 aromatic rings. The van der Waals surface area contributed by atoms with Crippen LogP contribution in [0.3, 0.4) is 0 Å². The summed E-state index contributed by atoms with van der Waals surface area (Å²) >= 11 is 11.9. The van der Waals surface area contributed by atoms with Crippen molar-refractivity contribution in [3.63, 3.8) is 0 Å². The summed E-state index contributed by atoms with van der Waals surface area (Å²) in [5.74, 6) is 0.247. The highest BCUT2D eigenvalue weighted by Gasteiger charge is 2.18. The topological polar surface area (TPSA) is 78.4 Å². The molecular weight excluding hydrogens is 365 g/mol. The Morgan fingerprint density at radius 2 is 1.88 bits per heavy atom. The first-order chi connectivity index (χ1) is 12.1. The predicted octanol–water partition coefficient (Wildman–Crippen LogP) is 2.31. The molecule has 1 aromatic heterocycles. The molecule has 9 heteroatoms. The smallest absolute Gasteiger partial charge is 0.275 e. The molecule has 7 nitrogen and oxygen atoms in total. The van der Waals surface area contributed by atoms with Crippen LogP contribution in [0.5, 0.6) is 0 Å². The minimum Gasteiger partial charge on any atom is -0.352 e. The lowest BCUT2D eigenvalue weighted by molar-refractivity contribution is -0.118. The molecule has 2 heterocycles. The molecule has 1 saturated heterocycles. The third-order valence-corrected chi connectivity index (χ3v) is 4.40. The summed E-state index contributed by atoms with van der Waals surface area (Å²) in [6.45, 7) is 2.63. The summed E-state index contributed by atoms with van der Waals surface area (Å²) < 4.78 is 0. The van der Waals surface area contributed by atoms with Gasteiger partial charge in [0, 0.05) is 31.2 Å². The van der Waals surface area contributed by atoms with Crippen LogP contribution >= 0.6 is 23.2 Å². The van der Waals surface area contributed by atoms with Gasteiger partial charge < -0.3 is 15.1 Å². The van der Waals surface area contributed by atoms with E-state index >= 15 is 0 Å². The van der Waals surface area contributed by atoms with Crippen molar-refractivity contribution >= 4 is 47.0 Å². The lowest BCUT2D eigenvalue weighted by Gasteiger charge is -2.33. The number of carbonyl (C=O) groups is 2. The second kappa shape index (κ2) is 7.67. The number of anilines is 2. The quantitative estimate of drug-likeness (QED) is 0.824. The summed E-state index contributed by atoms with van der Waals surface area (Å²) in [4.78, 5) is 35.2. The standard InChI is InChI=1S/C16H15Cl2N5O2/c17-11-1-2-12(18)13(7-11)21-16(25)14-8-20-15(9-19-14)23-5-3-22(10-24)4-6-23/h1-2,7-10H,3-6H2,(H,21,25). The van der Waals surface area contributed by atoms with E-state index in [9.17, 15) is 9.59 Å². The third kappa shape index (κ3) is 4.18. The highest BCUT2D eigenvalue weighted by Crippen LogP contribution is 2.25. The number of rotatable bonds is 4. The molecule has 2 amide bonds. The number of aromatic nitrogens is 2. The average molecular weight is 380 g/mol. The molecular formula is C16H15Cl2N5O2. The van der Waals surface area contributed by atoms with Crippen LogP contribution in [0.15, 0.2) is 30.6 Å². The number of hydrogen-bond acceptors (Lipinski definition) is 5. The second-order valence-corrected chi connectivity index (χ2v) is 6.31. The molecule has 1 aliphatic heterocycles. The van der Waals surface area contributed by atoms with Crippen molar-refractivity contribution in [2.45, 2.75) is 0 Å². The van der Waals surface area contributed by atoms with Gasteiger partial charge in [0.15, 0.2) is 0 Å². The normalized spacial score (nSPS) is 14.3. The zero-order valence-electron chi connectivity index (χ0n) is 13.2. The largest absolute Gasteiger partial charge is 0.352 e. The van der Waals surface area contributed by atoms with Crippen molar-refractivity contribution in [3.05, 3.63) is 46.3 Å². The molecule has 1 aromatic carbocycles. The third-order valence-electron chi connectivity index (χ3n) is 3.83. The first kappa shape index (κ1) is 17.4. The van der Waals surface area contributed by atoms with Gasteiger partial charge in [0.1, 0.15) is 11.5 Å². The van der Waals surface area contributed by atoms with Gasteiger partial charge >= 0.3 is 0 Å². The number of nitrogens with zero attached hydrogens (tertiary/aromatic N) is 4. The highest BCUT2D eigenvalue weighted by molar-refractivity contribution is 6.35. The van der Waals surface area contributed by atoms with Crippen LogP contribution in [-0.4, -0.2) is 53.4 Å². The highest BCUT2D eigenvalue weighted by atomic mass is 35.5. The van der Waals surface area contributed by atoms with Crippen LogP contribution < -0.4 is 10.2 Å². The van der Waals surface area contributed by atoms with E-state index in [4.69, 9.17) is 23.2 Å². The van der Waals surface area contributed by atoms with Crippen molar-refractivity contribution in [3.8, 4) is 0 Å². The maximum Gasteiger partial charge on any atom is 0.275 e. The Labute approximate surface area is 154 Å². The predicted molar refractivity (Wildman–Crippen MR) is 96.3 cm³/mol. The fourth-order valence-electron chi connectivity index (χ4n) is 2.44. The molecule has 0 saturated carbocycles. The van der Waals surface area contributed by atoms with Crippen molar-refractivity contribution in [2.24, 2.45) is 0 Å². The van der Waals surface area contributed by atoms with E-state index in [0.717, 1.165) is 6.41 Å². The van der Waals surface area contributed by atoms with E-state index in [1.165, 1.54) is 6.20 Å². The lowest BCUT2D eigenvalue weighted by Crippen LogP contribution is -2.46. The zero-order valence-corrected chi connectivity index (χ0v) is 14.7. The Kier molecular flexibility index (Phi) is 5.35. The maximum absolute atomic E-state index is 12.3. The second-order valence-electron chi connectivity index (χ2n) is 5.47. The van der Waals surface area contributed by atoms with Crippen molar-refractivity contribution in [1.29, 1.82) is 0 Å². The molecule has 130 valence electrons. The fraction of sp³-hybridized carbons (Fsp3) is 0.250. The van der Waals surface area contributed by atoms with Crippen LogP contribution in [0, 0.1) is 0 Å². The zero-order chi connectivity index (χ0) is 17.8. The molecule has 0 spiro atoms. The number of piperazine rings is 1. The average Bonchev–Trinajstić information content (AvgIpc) is 2.65. The Balaban J connectivity index is 1.66. The first-order valence-electron chi connectivity index (χ1n) is 7.59. The summed E-state index contributed by atoms with van der Waals surface area (Å²) in [7, 11) is 0. The Morgan fingerprint density at radius 1 is 1.12 bits per heavy atom. The SMILES string of the molecule is O=CN1CCN(c2cnc(C(=O)Nc3cc(Cl)ccc3Cl)cn2)CC1. The Hall–Kier alpha value is -2.38. The summed E-state index contributed by atoms with van der Waals surface area (Å²) in [5.41, 5.74) is 0.585. The Bertz CT molecular complexity index is 777. The van der Waals surface area contributed by atoms with Gasteiger partial charge in [-0.25, -0.2) is 9.97 Å². The molecule has 25 heavy (non-hydrogen) atoms. The van der Waals surface area contributed by atoms with Gasteiger partial charge in [-0.1, -0.05) is 23.2 Å². The number of halogens is 2. The van der Waals surface area contributed by atoms with Crippen LogP contribution in [0.4, 0.5) is 11.5 Å². The first-order valence-corrected chi connectivity index (χ1v) is 8.35. The Morgan fingerprint density at radius 3 is 2.52 bits per heavy atom. The van der Waals surface area contributed by atoms with E-state index in [0.29, 0.717) is 47.7 Å². The summed E-state index contributed by atoms with van der Waals surface area (Å²) in [6.07, 6.45) is 3.80. The van der Waals surface area contributed by atoms with Gasteiger partial charge in [-0.05, 0) is 18.2 Å². The van der Waals surface area contributed by atoms with E-state index in [1.54, 1.807) is 29.3 Å². The van der Waals surface area contributed by atoms with Gasteiger partial charge in [-0.15, -0.1) is 0 Å². The van der Waals surface area contributed by atoms with Gasteiger partial charge in [-0.2, -0.15) is 0 Å². The number of amides is 2. The molecule has 0 aliphatic carbocycles. The number of benzene rings is 1. The molecule has 0 radical (unpaired) electrons. The molecule has 1 fully saturated rings. The van der Waals surface area contributed by atoms with Crippen LogP contribution in [-0.2, 0) is 4.79 Å². The van der Waals surface area contributed by atoms with Crippen molar-refractivity contribution in [2.75, 3.05) is 36.4 Å². The molecule has 1 aliphatic rings. The number of hydrogen-bond donors (Lipinski definition) is 1. The minimum atomic E-state index is -0.422. The number of carbonyl (C=O) groups excluding carboxylic acids is 2. The van der Waals surface area contributed by atoms with Crippen molar-refractivity contribution < 1.29 is 9.59 Å².